The third-order valence-corrected chi connectivity index (χ3v) is 15.6. The van der Waals surface area contributed by atoms with Crippen LogP contribution in [0.25, 0.3) is 48.9 Å². The monoisotopic (exact) mass is 1330 g/mol. The van der Waals surface area contributed by atoms with Crippen LogP contribution in [0.1, 0.15) is 139 Å². The largest absolute Gasteiger partial charge is 0.460 e. The molecule has 0 bridgehead atoms. The Bertz CT molecular complexity index is 3910. The van der Waals surface area contributed by atoms with Gasteiger partial charge in [0.15, 0.2) is 0 Å². The van der Waals surface area contributed by atoms with Crippen molar-refractivity contribution in [2.75, 3.05) is 16.0 Å². The Morgan fingerprint density at radius 2 is 0.755 bits per heavy atom. The molecule has 3 aromatic heterocycles. The summed E-state index contributed by atoms with van der Waals surface area (Å²) in [5.41, 5.74) is 7.67. The average Bonchev–Trinajstić information content (AvgIpc) is 1.45. The number of esters is 2. The van der Waals surface area contributed by atoms with E-state index in [0.717, 1.165) is 29.5 Å². The first-order valence-corrected chi connectivity index (χ1v) is 31.3. The van der Waals surface area contributed by atoms with Gasteiger partial charge >= 0.3 is 11.9 Å². The summed E-state index contributed by atoms with van der Waals surface area (Å²) in [6.07, 6.45) is 1.75. The third kappa shape index (κ3) is 20.3. The number of ketones is 1. The van der Waals surface area contributed by atoms with Crippen LogP contribution in [0, 0.1) is 40.5 Å². The van der Waals surface area contributed by atoms with Gasteiger partial charge in [-0.3, -0.25) is 9.59 Å². The summed E-state index contributed by atoms with van der Waals surface area (Å²) in [5, 5.41) is 45.9. The van der Waals surface area contributed by atoms with Crippen molar-refractivity contribution in [2.24, 2.45) is 0 Å². The van der Waals surface area contributed by atoms with Gasteiger partial charge in [0, 0.05) is 53.0 Å². The third-order valence-electron chi connectivity index (χ3n) is 14.1. The maximum absolute atomic E-state index is 12.1. The predicted octanol–water partition coefficient (Wildman–Crippen LogP) is 18.4. The van der Waals surface area contributed by atoms with Gasteiger partial charge in [-0.05, 0) is 139 Å². The van der Waals surface area contributed by atoms with Crippen LogP contribution < -0.4 is 16.0 Å². The number of nitrogens with one attached hydrogen (secondary N) is 3. The number of benzene rings is 6. The molecule has 94 heavy (non-hydrogen) atoms. The topological polar surface area (TPSA) is 256 Å². The summed E-state index contributed by atoms with van der Waals surface area (Å²) < 4.78 is 28.8. The normalized spacial score (nSPS) is 12.5. The molecule has 0 saturated carbocycles. The second-order valence-electron chi connectivity index (χ2n) is 21.4. The Morgan fingerprint density at radius 1 is 0.468 bits per heavy atom. The summed E-state index contributed by atoms with van der Waals surface area (Å²) in [6.45, 7) is 39.6. The molecule has 0 unspecified atom stereocenters. The number of rotatable bonds is 23. The van der Waals surface area contributed by atoms with Crippen LogP contribution in [0.4, 0.5) is 34.1 Å². The van der Waals surface area contributed by atoms with Crippen molar-refractivity contribution in [1.82, 2.24) is 30.6 Å². The first-order valence-electron chi connectivity index (χ1n) is 30.2. The number of carbonyl (C=O) groups is 3. The van der Waals surface area contributed by atoms with Gasteiger partial charge < -0.3 is 48.6 Å². The van der Waals surface area contributed by atoms with Crippen LogP contribution in [0.15, 0.2) is 141 Å². The summed E-state index contributed by atoms with van der Waals surface area (Å²) in [7, 11) is 0. The first kappa shape index (κ1) is 73.1. The molecule has 6 atom stereocenters. The van der Waals surface area contributed by atoms with Gasteiger partial charge in [0.2, 0.25) is 52.4 Å². The zero-order valence-electron chi connectivity index (χ0n) is 53.7. The molecule has 0 fully saturated rings. The maximum atomic E-state index is 12.1. The number of halogens is 3. The molecule has 4 N–H and O–H groups in total. The minimum absolute atomic E-state index is 0.267. The van der Waals surface area contributed by atoms with Gasteiger partial charge in [-0.2, -0.15) is 0 Å². The maximum Gasteiger partial charge on any atom is 0.306 e. The zero-order chi connectivity index (χ0) is 68.4. The van der Waals surface area contributed by atoms with Crippen molar-refractivity contribution in [1.29, 1.82) is 0 Å². The number of aliphatic hydroxyl groups is 1. The van der Waals surface area contributed by atoms with E-state index in [1.165, 1.54) is 0 Å². The van der Waals surface area contributed by atoms with Crippen molar-refractivity contribution in [3.05, 3.63) is 211 Å². The second kappa shape index (κ2) is 36.3. The zero-order valence-corrected chi connectivity index (χ0v) is 56.0. The van der Waals surface area contributed by atoms with E-state index in [4.69, 9.17) is 77.2 Å². The number of anilines is 3. The van der Waals surface area contributed by atoms with Crippen LogP contribution in [-0.4, -0.2) is 71.7 Å². The molecule has 0 spiro atoms. The Morgan fingerprint density at radius 3 is 1.01 bits per heavy atom. The number of nitrogens with zero attached hydrogens (tertiary/aromatic N) is 9. The van der Waals surface area contributed by atoms with Crippen molar-refractivity contribution in [3.8, 4) is 34.4 Å². The molecule has 0 aliphatic rings. The summed E-state index contributed by atoms with van der Waals surface area (Å²) in [4.78, 5) is 44.5. The molecule has 0 aliphatic heterocycles. The van der Waals surface area contributed by atoms with E-state index >= 15 is 0 Å². The Balaban J connectivity index is 0.000000214. The highest BCUT2D eigenvalue weighted by Gasteiger charge is 2.32. The smallest absolute Gasteiger partial charge is 0.306 e. The number of hydrogen-bond acceptors (Lipinski definition) is 18. The van der Waals surface area contributed by atoms with Gasteiger partial charge in [-0.15, -0.1) is 30.6 Å². The summed E-state index contributed by atoms with van der Waals surface area (Å²) in [5.74, 6) is 1.62. The predicted molar refractivity (Wildman–Crippen MR) is 364 cm³/mol. The number of aromatic nitrogens is 6. The lowest BCUT2D eigenvalue weighted by atomic mass is 10.1. The summed E-state index contributed by atoms with van der Waals surface area (Å²) >= 11 is 18.9. The highest BCUT2D eigenvalue weighted by atomic mass is 35.5. The van der Waals surface area contributed by atoms with Crippen molar-refractivity contribution in [2.45, 2.75) is 144 Å². The molecule has 6 aromatic carbocycles. The highest BCUT2D eigenvalue weighted by Crippen LogP contribution is 2.39. The molecular weight excluding hydrogens is 1260 g/mol. The molecule has 24 heteroatoms. The lowest BCUT2D eigenvalue weighted by Gasteiger charge is -2.24. The van der Waals surface area contributed by atoms with E-state index < -0.39 is 36.4 Å². The average molecular weight is 1330 g/mol. The quantitative estimate of drug-likeness (QED) is 0.0343. The van der Waals surface area contributed by atoms with E-state index in [-0.39, 0.29) is 35.4 Å². The first-order chi connectivity index (χ1) is 45.2. The molecule has 3 heterocycles. The van der Waals surface area contributed by atoms with E-state index in [1.54, 1.807) is 64.1 Å². The van der Waals surface area contributed by atoms with Crippen molar-refractivity contribution >= 4 is 86.6 Å². The fourth-order valence-electron chi connectivity index (χ4n) is 8.99. The van der Waals surface area contributed by atoms with E-state index in [1.807, 2.05) is 133 Å². The van der Waals surface area contributed by atoms with Crippen LogP contribution in [-0.2, 0) is 23.9 Å². The molecule has 0 radical (unpaired) electrons. The van der Waals surface area contributed by atoms with Crippen LogP contribution in [0.5, 0.6) is 0 Å². The molecule has 0 saturated heterocycles. The molecule has 488 valence electrons. The van der Waals surface area contributed by atoms with Crippen LogP contribution in [0.3, 0.4) is 0 Å². The molecular formula is C70H73Cl3N12O9. The minimum atomic E-state index is -0.794. The number of ether oxygens (including phenoxy) is 2. The molecule has 0 aliphatic carbocycles. The standard InChI is InChI=1S/2C23H23ClN4O3.C19H17ClN4O2.C5H10O/c2*1-5-9-19(29)30-15(3)21(26-17-12-13-18(25-4)20(24)14(17)2)23-28-27-22(31-23)16-10-7-6-8-11-16;1-11-14(9-10-15(21-3)16(11)20)22-17(12(2)25)19-24-23-18(26-19)13-7-5-4-6-8-13;1-3-4-5(2)6/h2*6-8,10-13,15,21,26H,5,9H2,1-3H3;4-10,12,17,22,25H,1-2H3;3-4H2,1-2H3/t2*15-,21+;12-,17+;/m000./s1. The fourth-order valence-corrected chi connectivity index (χ4v) is 9.61. The molecule has 9 aromatic rings. The number of hydrogen-bond donors (Lipinski definition) is 4. The Labute approximate surface area is 562 Å². The number of aliphatic hydroxyl groups excluding tert-OH is 1. The Kier molecular flexibility index (Phi) is 28.3. The lowest BCUT2D eigenvalue weighted by Crippen LogP contribution is -2.28. The molecule has 9 rings (SSSR count). The van der Waals surface area contributed by atoms with Gasteiger partial charge in [0.25, 0.3) is 0 Å². The SMILES string of the molecule is CCCC(C)=O.[C-]#[N+]c1ccc(N[C@@H](c2nnc(-c3ccccc3)o2)[C@H](C)O)c(C)c1Cl.[C-]#[N+]c1ccc(N[C@@H](c2nnc(-c3ccccc3)o2)[C@H](C)OC(=O)CCC)c(C)c1Cl.[C-]#[N+]c1ccc(N[C@@H](c2nnc(-c3ccccc3)o2)[C@H](C)OC(=O)CCC)c(C)c1Cl. The van der Waals surface area contributed by atoms with Gasteiger partial charge in [0.05, 0.1) is 40.9 Å². The number of carbonyl (C=O) groups excluding carboxylic acids is 3. The minimum Gasteiger partial charge on any atom is -0.460 e. The van der Waals surface area contributed by atoms with E-state index in [2.05, 4.69) is 61.1 Å². The van der Waals surface area contributed by atoms with Crippen molar-refractivity contribution in [3.63, 3.8) is 0 Å². The fraction of sp³-hybridized carbons (Fsp3) is 0.314. The molecule has 21 nitrogen and oxygen atoms in total. The Hall–Kier alpha value is -9.95. The van der Waals surface area contributed by atoms with E-state index in [0.29, 0.717) is 109 Å². The van der Waals surface area contributed by atoms with Crippen LogP contribution >= 0.6 is 34.8 Å². The highest BCUT2D eigenvalue weighted by molar-refractivity contribution is 6.35. The number of Topliss-reactive ketones (excluding diaryl/α,β-unsaturated/α-hetero) is 1. The molecule has 0 amide bonds. The van der Waals surface area contributed by atoms with Gasteiger partial charge in [-0.1, -0.05) is 128 Å². The van der Waals surface area contributed by atoms with Gasteiger partial charge in [-0.25, -0.2) is 14.5 Å². The van der Waals surface area contributed by atoms with E-state index in [9.17, 15) is 19.5 Å². The lowest BCUT2D eigenvalue weighted by molar-refractivity contribution is -0.150. The summed E-state index contributed by atoms with van der Waals surface area (Å²) in [6, 6.07) is 36.6. The van der Waals surface area contributed by atoms with Gasteiger partial charge in [0.1, 0.15) is 36.1 Å². The van der Waals surface area contributed by atoms with Crippen LogP contribution in [0.2, 0.25) is 15.1 Å². The second-order valence-corrected chi connectivity index (χ2v) is 22.6. The van der Waals surface area contributed by atoms with Crippen molar-refractivity contribution < 1.29 is 42.2 Å².